The van der Waals surface area contributed by atoms with Gasteiger partial charge in [0.05, 0.1) is 24.2 Å². The van der Waals surface area contributed by atoms with Crippen LogP contribution in [-0.4, -0.2) is 71.2 Å². The molecule has 7 aliphatic rings. The van der Waals surface area contributed by atoms with Crippen LogP contribution >= 0.6 is 0 Å². The number of ether oxygens (including phenoxy) is 1. The third kappa shape index (κ3) is 5.89. The van der Waals surface area contributed by atoms with Crippen molar-refractivity contribution in [1.82, 2.24) is 15.1 Å². The fourth-order valence-electron chi connectivity index (χ4n) is 9.28. The molecule has 3 amide bonds. The summed E-state index contributed by atoms with van der Waals surface area (Å²) in [6.45, 7) is 8.13. The third-order valence-electron chi connectivity index (χ3n) is 12.2. The Morgan fingerprint density at radius 3 is 2.48 bits per heavy atom. The lowest BCUT2D eigenvalue weighted by atomic mass is 9.43. The van der Waals surface area contributed by atoms with Gasteiger partial charge in [0.1, 0.15) is 12.1 Å². The molecule has 2 saturated heterocycles. The van der Waals surface area contributed by atoms with Gasteiger partial charge in [0.15, 0.2) is 0 Å². The van der Waals surface area contributed by atoms with Gasteiger partial charge >= 0.3 is 13.2 Å². The lowest BCUT2D eigenvalue weighted by Gasteiger charge is -2.64. The summed E-state index contributed by atoms with van der Waals surface area (Å²) < 4.78 is 19.4. The van der Waals surface area contributed by atoms with Crippen molar-refractivity contribution in [1.29, 1.82) is 0 Å². The molecule has 9 nitrogen and oxygen atoms in total. The van der Waals surface area contributed by atoms with Crippen molar-refractivity contribution >= 4 is 25.0 Å². The summed E-state index contributed by atoms with van der Waals surface area (Å²) >= 11 is 0. The molecule has 8 rings (SSSR count). The Morgan fingerprint density at radius 1 is 0.978 bits per heavy atom. The van der Waals surface area contributed by atoms with Crippen LogP contribution < -0.4 is 5.32 Å². The van der Waals surface area contributed by atoms with Crippen LogP contribution in [0.5, 0.6) is 0 Å². The number of fused-ring (bicyclic) bond motifs is 2. The van der Waals surface area contributed by atoms with Crippen LogP contribution in [0.4, 0.5) is 4.79 Å². The average molecular weight is 632 g/mol. The van der Waals surface area contributed by atoms with Gasteiger partial charge in [0.25, 0.3) is 0 Å². The Kier molecular flexibility index (Phi) is 8.72. The largest absolute Gasteiger partial charge is 0.481 e. The molecule has 46 heavy (non-hydrogen) atoms. The standard InChI is InChI=1S/C36H50BN3O6/c1-35(2)26-18-29(35)36(3)30(19-26)45-37(46-36)31-16-10-8-6-4-5-7-9-11-17-32(41)40-23-27(20-28(40)33(42)38-31)44-34(43)39-21-24-14-12-13-15-25(24)22-39/h7,9,12-15,26-31H,4-6,8,10-11,16-23H2,1-3H3,(H,38,42)/b9-7+/t26-,27-,28+,29-,30?,31+,36-/m1/s1. The van der Waals surface area contributed by atoms with E-state index in [1.165, 1.54) is 6.42 Å². The SMILES string of the molecule is CC1(C)[C@H]2CC3OB([C@@H]4CCCCCC/C=C/CCC(=O)N5C[C@H](OC(=O)N6Cc7ccccc7C6)C[C@H]5C(=O)N4)O[C@]3(C)[C@@H]1C2. The first-order valence-corrected chi connectivity index (χ1v) is 17.7. The van der Waals surface area contributed by atoms with Crippen LogP contribution in [0.15, 0.2) is 36.4 Å². The molecule has 0 spiro atoms. The van der Waals surface area contributed by atoms with Crippen molar-refractivity contribution in [3.05, 3.63) is 47.5 Å². The van der Waals surface area contributed by atoms with Crippen LogP contribution in [0.25, 0.3) is 0 Å². The molecule has 248 valence electrons. The minimum atomic E-state index is -0.716. The molecule has 4 heterocycles. The lowest BCUT2D eigenvalue weighted by molar-refractivity contribution is -0.199. The maximum atomic E-state index is 14.1. The smallest absolute Gasteiger partial charge is 0.444 e. The number of hydrogen-bond donors (Lipinski definition) is 1. The zero-order valence-electron chi connectivity index (χ0n) is 27.7. The molecule has 4 aliphatic heterocycles. The summed E-state index contributed by atoms with van der Waals surface area (Å²) in [5.41, 5.74) is 2.11. The number of carbonyl (C=O) groups excluding carboxylic acids is 3. The molecule has 5 fully saturated rings. The topological polar surface area (TPSA) is 97.4 Å². The molecule has 1 aromatic rings. The second-order valence-electron chi connectivity index (χ2n) is 15.4. The highest BCUT2D eigenvalue weighted by Crippen LogP contribution is 2.65. The monoisotopic (exact) mass is 631 g/mol. The second kappa shape index (κ2) is 12.6. The number of amides is 3. The quantitative estimate of drug-likeness (QED) is 0.340. The average Bonchev–Trinajstić information content (AvgIpc) is 3.75. The van der Waals surface area contributed by atoms with Gasteiger partial charge in [-0.15, -0.1) is 0 Å². The van der Waals surface area contributed by atoms with E-state index in [0.29, 0.717) is 37.8 Å². The van der Waals surface area contributed by atoms with Crippen LogP contribution in [0.3, 0.4) is 0 Å². The summed E-state index contributed by atoms with van der Waals surface area (Å²) in [5, 5.41) is 3.30. The van der Waals surface area contributed by atoms with Crippen LogP contribution in [0.2, 0.25) is 0 Å². The van der Waals surface area contributed by atoms with Crippen LogP contribution in [-0.2, 0) is 36.7 Å². The Labute approximate surface area is 273 Å². The highest BCUT2D eigenvalue weighted by atomic mass is 16.7. The summed E-state index contributed by atoms with van der Waals surface area (Å²) in [7, 11) is -0.521. The van der Waals surface area contributed by atoms with Gasteiger partial charge in [-0.2, -0.15) is 0 Å². The third-order valence-corrected chi connectivity index (χ3v) is 12.2. The number of carbonyl (C=O) groups is 3. The van der Waals surface area contributed by atoms with Gasteiger partial charge in [-0.05, 0) is 73.8 Å². The molecular formula is C36H50BN3O6. The number of rotatable bonds is 2. The molecule has 3 aliphatic carbocycles. The molecule has 10 heteroatoms. The van der Waals surface area contributed by atoms with Gasteiger partial charge in [-0.1, -0.05) is 69.5 Å². The van der Waals surface area contributed by atoms with Crippen molar-refractivity contribution in [3.63, 3.8) is 0 Å². The molecule has 7 atom stereocenters. The summed E-state index contributed by atoms with van der Waals surface area (Å²) in [4.78, 5) is 44.2. The highest BCUT2D eigenvalue weighted by molar-refractivity contribution is 6.47. The number of benzene rings is 1. The number of nitrogens with one attached hydrogen (secondary N) is 1. The number of hydrogen-bond acceptors (Lipinski definition) is 6. The molecule has 2 bridgehead atoms. The van der Waals surface area contributed by atoms with E-state index in [0.717, 1.165) is 56.1 Å². The number of allylic oxidation sites excluding steroid dienone is 2. The van der Waals surface area contributed by atoms with Crippen LogP contribution in [0.1, 0.15) is 103 Å². The number of nitrogens with zero attached hydrogens (tertiary/aromatic N) is 2. The van der Waals surface area contributed by atoms with E-state index in [9.17, 15) is 14.4 Å². The lowest BCUT2D eigenvalue weighted by Crippen LogP contribution is -2.65. The van der Waals surface area contributed by atoms with Gasteiger partial charge < -0.3 is 24.3 Å². The maximum Gasteiger partial charge on any atom is 0.481 e. The molecule has 1 aromatic carbocycles. The molecular weight excluding hydrogens is 581 g/mol. The van der Waals surface area contributed by atoms with E-state index in [1.807, 2.05) is 24.3 Å². The highest BCUT2D eigenvalue weighted by Gasteiger charge is 2.68. The van der Waals surface area contributed by atoms with E-state index in [2.05, 4.69) is 38.2 Å². The van der Waals surface area contributed by atoms with Crippen molar-refractivity contribution < 1.29 is 28.4 Å². The van der Waals surface area contributed by atoms with E-state index in [-0.39, 0.29) is 47.8 Å². The fraction of sp³-hybridized carbons (Fsp3) is 0.694. The minimum absolute atomic E-state index is 0.0309. The zero-order chi connectivity index (χ0) is 32.1. The van der Waals surface area contributed by atoms with Crippen molar-refractivity contribution in [2.45, 2.75) is 134 Å². The van der Waals surface area contributed by atoms with Crippen molar-refractivity contribution in [3.8, 4) is 0 Å². The minimum Gasteiger partial charge on any atom is -0.444 e. The normalized spacial score (nSPS) is 36.7. The van der Waals surface area contributed by atoms with Gasteiger partial charge in [0, 0.05) is 25.9 Å². The first kappa shape index (κ1) is 31.7. The van der Waals surface area contributed by atoms with Gasteiger partial charge in [0.2, 0.25) is 11.8 Å². The second-order valence-corrected chi connectivity index (χ2v) is 15.4. The van der Waals surface area contributed by atoms with E-state index in [4.69, 9.17) is 14.0 Å². The predicted molar refractivity (Wildman–Crippen MR) is 174 cm³/mol. The summed E-state index contributed by atoms with van der Waals surface area (Å²) in [6, 6.07) is 7.29. The van der Waals surface area contributed by atoms with E-state index in [1.54, 1.807) is 9.80 Å². The summed E-state index contributed by atoms with van der Waals surface area (Å²) in [5.74, 6) is 0.459. The Morgan fingerprint density at radius 2 is 1.72 bits per heavy atom. The molecule has 3 saturated carbocycles. The first-order chi connectivity index (χ1) is 22.1. The Bertz CT molecular complexity index is 1340. The Balaban J connectivity index is 1.06. The van der Waals surface area contributed by atoms with Gasteiger partial charge in [-0.3, -0.25) is 14.5 Å². The Hall–Kier alpha value is -2.85. The van der Waals surface area contributed by atoms with Crippen molar-refractivity contribution in [2.75, 3.05) is 6.54 Å². The molecule has 1 N–H and O–H groups in total. The maximum absolute atomic E-state index is 14.1. The molecule has 0 radical (unpaired) electrons. The van der Waals surface area contributed by atoms with E-state index < -0.39 is 25.4 Å². The molecule has 0 aromatic heterocycles. The molecule has 1 unspecified atom stereocenters. The van der Waals surface area contributed by atoms with Crippen LogP contribution in [0, 0.1) is 17.3 Å². The zero-order valence-corrected chi connectivity index (χ0v) is 27.7. The first-order valence-electron chi connectivity index (χ1n) is 17.7. The summed E-state index contributed by atoms with van der Waals surface area (Å²) in [6.07, 6.45) is 12.7. The van der Waals surface area contributed by atoms with Crippen molar-refractivity contribution in [2.24, 2.45) is 17.3 Å². The predicted octanol–water partition coefficient (Wildman–Crippen LogP) is 5.55. The fourth-order valence-corrected chi connectivity index (χ4v) is 9.28. The van der Waals surface area contributed by atoms with E-state index >= 15 is 0 Å². The van der Waals surface area contributed by atoms with Gasteiger partial charge in [-0.25, -0.2) is 4.79 Å².